The standard InChI is InChI=1S/C17H16F3NO2/c18-13-8-14(19)17(23-10-12-9-21-6-7-22-12)16(20)15(13)11-4-2-1-3-5-11/h1-5,8,12,21H,6-7,9-10H2/t12-/m0/s1. The molecule has 2 aromatic carbocycles. The normalized spacial score (nSPS) is 18.0. The van der Waals surface area contributed by atoms with Crippen LogP contribution in [0, 0.1) is 17.5 Å². The number of morpholine rings is 1. The minimum atomic E-state index is -1.07. The fourth-order valence-corrected chi connectivity index (χ4v) is 2.48. The van der Waals surface area contributed by atoms with E-state index in [0.29, 0.717) is 24.8 Å². The Kier molecular flexibility index (Phi) is 4.83. The first-order chi connectivity index (χ1) is 11.2. The van der Waals surface area contributed by atoms with Crippen molar-refractivity contribution in [2.75, 3.05) is 26.3 Å². The molecule has 3 rings (SSSR count). The Hall–Kier alpha value is -2.05. The fourth-order valence-electron chi connectivity index (χ4n) is 2.48. The maximum atomic E-state index is 14.6. The highest BCUT2D eigenvalue weighted by molar-refractivity contribution is 5.67. The summed E-state index contributed by atoms with van der Waals surface area (Å²) in [5.41, 5.74) is 0.0209. The maximum absolute atomic E-state index is 14.6. The van der Waals surface area contributed by atoms with Gasteiger partial charge in [0.05, 0.1) is 12.2 Å². The Morgan fingerprint density at radius 1 is 1.13 bits per heavy atom. The van der Waals surface area contributed by atoms with E-state index in [1.165, 1.54) is 0 Å². The monoisotopic (exact) mass is 323 g/mol. The molecule has 2 aromatic rings. The van der Waals surface area contributed by atoms with Gasteiger partial charge in [-0.3, -0.25) is 0 Å². The highest BCUT2D eigenvalue weighted by atomic mass is 19.1. The summed E-state index contributed by atoms with van der Waals surface area (Å²) < 4.78 is 53.1. The third kappa shape index (κ3) is 3.48. The minimum absolute atomic E-state index is 0.0132. The fraction of sp³-hybridized carbons (Fsp3) is 0.294. The van der Waals surface area contributed by atoms with Crippen molar-refractivity contribution in [2.24, 2.45) is 0 Å². The molecule has 1 aliphatic rings. The van der Waals surface area contributed by atoms with Crippen LogP contribution in [0.3, 0.4) is 0 Å². The molecule has 0 aromatic heterocycles. The van der Waals surface area contributed by atoms with Crippen LogP contribution in [0.4, 0.5) is 13.2 Å². The van der Waals surface area contributed by atoms with Crippen molar-refractivity contribution in [1.82, 2.24) is 5.32 Å². The molecule has 1 aliphatic heterocycles. The van der Waals surface area contributed by atoms with E-state index in [4.69, 9.17) is 9.47 Å². The summed E-state index contributed by atoms with van der Waals surface area (Å²) >= 11 is 0. The number of nitrogens with one attached hydrogen (secondary N) is 1. The molecule has 6 heteroatoms. The summed E-state index contributed by atoms with van der Waals surface area (Å²) in [7, 11) is 0. The van der Waals surface area contributed by atoms with Crippen molar-refractivity contribution >= 4 is 0 Å². The van der Waals surface area contributed by atoms with Crippen LogP contribution in [-0.4, -0.2) is 32.4 Å². The largest absolute Gasteiger partial charge is 0.485 e. The van der Waals surface area contributed by atoms with Gasteiger partial charge in [-0.25, -0.2) is 13.2 Å². The lowest BCUT2D eigenvalue weighted by atomic mass is 10.0. The molecular weight excluding hydrogens is 307 g/mol. The van der Waals surface area contributed by atoms with E-state index in [1.807, 2.05) is 0 Å². The second-order valence-corrected chi connectivity index (χ2v) is 5.23. The number of hydrogen-bond donors (Lipinski definition) is 1. The van der Waals surface area contributed by atoms with E-state index < -0.39 is 23.2 Å². The van der Waals surface area contributed by atoms with Gasteiger partial charge in [0.2, 0.25) is 0 Å². The minimum Gasteiger partial charge on any atom is -0.485 e. The van der Waals surface area contributed by atoms with E-state index >= 15 is 0 Å². The van der Waals surface area contributed by atoms with Crippen molar-refractivity contribution in [1.29, 1.82) is 0 Å². The Morgan fingerprint density at radius 2 is 1.91 bits per heavy atom. The smallest absolute Gasteiger partial charge is 0.191 e. The topological polar surface area (TPSA) is 30.5 Å². The molecule has 0 spiro atoms. The second-order valence-electron chi connectivity index (χ2n) is 5.23. The summed E-state index contributed by atoms with van der Waals surface area (Å²) in [6.07, 6.45) is -0.298. The van der Waals surface area contributed by atoms with Gasteiger partial charge in [0, 0.05) is 19.2 Å². The highest BCUT2D eigenvalue weighted by Crippen LogP contribution is 2.34. The van der Waals surface area contributed by atoms with Crippen LogP contribution in [0.1, 0.15) is 0 Å². The van der Waals surface area contributed by atoms with E-state index in [-0.39, 0.29) is 18.3 Å². The first kappa shape index (κ1) is 15.8. The number of halogens is 3. The Morgan fingerprint density at radius 3 is 2.61 bits per heavy atom. The van der Waals surface area contributed by atoms with Crippen LogP contribution >= 0.6 is 0 Å². The van der Waals surface area contributed by atoms with Crippen LogP contribution in [0.5, 0.6) is 5.75 Å². The van der Waals surface area contributed by atoms with Crippen LogP contribution in [-0.2, 0) is 4.74 Å². The molecule has 0 saturated carbocycles. The molecular formula is C17H16F3NO2. The predicted octanol–water partition coefficient (Wildman–Crippen LogP) is 3.14. The first-order valence-electron chi connectivity index (χ1n) is 7.35. The molecule has 0 bridgehead atoms. The summed E-state index contributed by atoms with van der Waals surface area (Å²) in [4.78, 5) is 0. The lowest BCUT2D eigenvalue weighted by molar-refractivity contribution is -0.00134. The van der Waals surface area contributed by atoms with Crippen molar-refractivity contribution in [2.45, 2.75) is 6.10 Å². The Bertz CT molecular complexity index is 673. The quantitative estimate of drug-likeness (QED) is 0.938. The van der Waals surface area contributed by atoms with Gasteiger partial charge >= 0.3 is 0 Å². The Labute approximate surface area is 132 Å². The molecule has 0 radical (unpaired) electrons. The molecule has 0 unspecified atom stereocenters. The summed E-state index contributed by atoms with van der Waals surface area (Å²) in [6, 6.07) is 8.78. The van der Waals surface area contributed by atoms with Crippen molar-refractivity contribution in [3.63, 3.8) is 0 Å². The van der Waals surface area contributed by atoms with E-state index in [0.717, 1.165) is 6.54 Å². The van der Waals surface area contributed by atoms with Crippen LogP contribution < -0.4 is 10.1 Å². The molecule has 1 fully saturated rings. The third-order valence-electron chi connectivity index (χ3n) is 3.61. The van der Waals surface area contributed by atoms with Crippen molar-refractivity contribution < 1.29 is 22.6 Å². The lowest BCUT2D eigenvalue weighted by Gasteiger charge is -2.24. The summed E-state index contributed by atoms with van der Waals surface area (Å²) in [5, 5.41) is 3.09. The van der Waals surface area contributed by atoms with Crippen molar-refractivity contribution in [3.8, 4) is 16.9 Å². The summed E-state index contributed by atoms with van der Waals surface area (Å²) in [5.74, 6) is -3.66. The molecule has 0 aliphatic carbocycles. The van der Waals surface area contributed by atoms with Crippen LogP contribution in [0.25, 0.3) is 11.1 Å². The molecule has 1 saturated heterocycles. The van der Waals surface area contributed by atoms with Gasteiger partial charge in [-0.15, -0.1) is 0 Å². The van der Waals surface area contributed by atoms with Gasteiger partial charge in [-0.1, -0.05) is 30.3 Å². The molecule has 1 heterocycles. The Balaban J connectivity index is 1.88. The third-order valence-corrected chi connectivity index (χ3v) is 3.61. The van der Waals surface area contributed by atoms with Crippen LogP contribution in [0.15, 0.2) is 36.4 Å². The van der Waals surface area contributed by atoms with Gasteiger partial charge in [0.1, 0.15) is 18.5 Å². The maximum Gasteiger partial charge on any atom is 0.191 e. The molecule has 122 valence electrons. The molecule has 1 atom stereocenters. The van der Waals surface area contributed by atoms with Crippen LogP contribution in [0.2, 0.25) is 0 Å². The van der Waals surface area contributed by atoms with Crippen molar-refractivity contribution in [3.05, 3.63) is 53.8 Å². The average Bonchev–Trinajstić information content (AvgIpc) is 2.56. The SMILES string of the molecule is Fc1cc(F)c(-c2ccccc2)c(F)c1OC[C@@H]1CNCCO1. The molecule has 1 N–H and O–H groups in total. The van der Waals surface area contributed by atoms with E-state index in [2.05, 4.69) is 5.32 Å². The number of benzene rings is 2. The number of hydrogen-bond acceptors (Lipinski definition) is 3. The van der Waals surface area contributed by atoms with Gasteiger partial charge in [-0.2, -0.15) is 0 Å². The second kappa shape index (κ2) is 7.02. The number of ether oxygens (including phenoxy) is 2. The zero-order chi connectivity index (χ0) is 16.2. The average molecular weight is 323 g/mol. The van der Waals surface area contributed by atoms with Gasteiger partial charge < -0.3 is 14.8 Å². The van der Waals surface area contributed by atoms with E-state index in [1.54, 1.807) is 30.3 Å². The molecule has 0 amide bonds. The van der Waals surface area contributed by atoms with Gasteiger partial charge in [-0.05, 0) is 5.56 Å². The lowest BCUT2D eigenvalue weighted by Crippen LogP contribution is -2.41. The number of rotatable bonds is 4. The highest BCUT2D eigenvalue weighted by Gasteiger charge is 2.23. The molecule has 23 heavy (non-hydrogen) atoms. The predicted molar refractivity (Wildman–Crippen MR) is 79.9 cm³/mol. The van der Waals surface area contributed by atoms with Gasteiger partial charge in [0.15, 0.2) is 17.4 Å². The zero-order valence-electron chi connectivity index (χ0n) is 12.3. The van der Waals surface area contributed by atoms with Gasteiger partial charge in [0.25, 0.3) is 0 Å². The summed E-state index contributed by atoms with van der Waals surface area (Å²) in [6.45, 7) is 1.77. The first-order valence-corrected chi connectivity index (χ1v) is 7.35. The van der Waals surface area contributed by atoms with E-state index in [9.17, 15) is 13.2 Å². The zero-order valence-corrected chi connectivity index (χ0v) is 12.3. The molecule has 3 nitrogen and oxygen atoms in total.